The molecule has 0 saturated heterocycles. The van der Waals surface area contributed by atoms with E-state index in [0.29, 0.717) is 61.5 Å². The Morgan fingerprint density at radius 2 is 1.10 bits per heavy atom. The highest BCUT2D eigenvalue weighted by molar-refractivity contribution is 7.98. The normalized spacial score (nSPS) is 13.6. The lowest BCUT2D eigenvalue weighted by Crippen LogP contribution is -2.42. The molecular weight excluding hydrogens is 548 g/mol. The number of hydrogen-bond acceptors (Lipinski definition) is 10. The highest BCUT2D eigenvalue weighted by Gasteiger charge is 2.33. The van der Waals surface area contributed by atoms with Gasteiger partial charge >= 0.3 is 0 Å². The molecule has 10 nitrogen and oxygen atoms in total. The summed E-state index contributed by atoms with van der Waals surface area (Å²) in [5.41, 5.74) is 14.1. The Balaban J connectivity index is 1.71. The van der Waals surface area contributed by atoms with Crippen LogP contribution in [0.15, 0.2) is 36.4 Å². The monoisotopic (exact) mass is 586 g/mol. The quantitative estimate of drug-likeness (QED) is 0.136. The zero-order chi connectivity index (χ0) is 29.1. The molecular formula is C28H38N6O4S2. The summed E-state index contributed by atoms with van der Waals surface area (Å²) in [6.07, 6.45) is 5.10. The number of carbonyl (C=O) groups is 4. The average molecular weight is 587 g/mol. The van der Waals surface area contributed by atoms with Crippen molar-refractivity contribution < 1.29 is 19.2 Å². The highest BCUT2D eigenvalue weighted by Crippen LogP contribution is 2.36. The van der Waals surface area contributed by atoms with Crippen LogP contribution < -0.4 is 32.7 Å². The second-order valence-electron chi connectivity index (χ2n) is 9.33. The van der Waals surface area contributed by atoms with Crippen LogP contribution in [0.5, 0.6) is 0 Å². The lowest BCUT2D eigenvalue weighted by Gasteiger charge is -2.24. The van der Waals surface area contributed by atoms with E-state index in [9.17, 15) is 19.2 Å². The number of fused-ring (bicyclic) bond motifs is 2. The van der Waals surface area contributed by atoms with Crippen LogP contribution in [0.25, 0.3) is 0 Å². The molecule has 0 saturated carbocycles. The van der Waals surface area contributed by atoms with E-state index in [2.05, 4.69) is 21.3 Å². The fourth-order valence-corrected chi connectivity index (χ4v) is 5.28. The van der Waals surface area contributed by atoms with E-state index in [1.54, 1.807) is 59.9 Å². The number of hydrogen-bond donors (Lipinski definition) is 6. The number of nitrogens with one attached hydrogen (secondary N) is 4. The second-order valence-corrected chi connectivity index (χ2v) is 11.3. The van der Waals surface area contributed by atoms with Gasteiger partial charge < -0.3 is 32.7 Å². The zero-order valence-electron chi connectivity index (χ0n) is 22.9. The first-order valence-corrected chi connectivity index (χ1v) is 16.0. The number of rotatable bonds is 16. The molecule has 0 fully saturated rings. The Morgan fingerprint density at radius 3 is 1.48 bits per heavy atom. The van der Waals surface area contributed by atoms with Gasteiger partial charge in [-0.15, -0.1) is 0 Å². The number of ketones is 2. The SMILES string of the molecule is CSCC[C@@H](N)C(=O)NCCNc1ccc(NCCNC(=O)[C@H](N)CCSC)c2c1C(=O)c1ccccc1C2=O. The number of amides is 2. The summed E-state index contributed by atoms with van der Waals surface area (Å²) in [7, 11) is 0. The van der Waals surface area contributed by atoms with Gasteiger partial charge in [0.05, 0.1) is 23.2 Å². The maximum Gasteiger partial charge on any atom is 0.237 e. The number of nitrogens with two attached hydrogens (primary N) is 2. The Labute approximate surface area is 243 Å². The van der Waals surface area contributed by atoms with Gasteiger partial charge in [-0.3, -0.25) is 19.2 Å². The topological polar surface area (TPSA) is 168 Å². The lowest BCUT2D eigenvalue weighted by atomic mass is 9.82. The highest BCUT2D eigenvalue weighted by atomic mass is 32.2. The van der Waals surface area contributed by atoms with Crippen LogP contribution in [0, 0.1) is 0 Å². The number of carbonyl (C=O) groups excluding carboxylic acids is 4. The van der Waals surface area contributed by atoms with Gasteiger partial charge in [-0.25, -0.2) is 0 Å². The van der Waals surface area contributed by atoms with E-state index in [1.807, 2.05) is 12.5 Å². The maximum absolute atomic E-state index is 13.6. The molecule has 0 bridgehead atoms. The molecule has 216 valence electrons. The molecule has 0 radical (unpaired) electrons. The first-order chi connectivity index (χ1) is 19.3. The Kier molecular flexibility index (Phi) is 12.3. The van der Waals surface area contributed by atoms with Crippen molar-refractivity contribution in [2.75, 3.05) is 60.8 Å². The van der Waals surface area contributed by atoms with Gasteiger partial charge in [0.2, 0.25) is 11.8 Å². The fraction of sp³-hybridized carbons (Fsp3) is 0.429. The van der Waals surface area contributed by atoms with Crippen molar-refractivity contribution in [3.05, 3.63) is 58.7 Å². The minimum atomic E-state index is -0.572. The third kappa shape index (κ3) is 8.00. The molecule has 1 aliphatic rings. The predicted molar refractivity (Wildman–Crippen MR) is 165 cm³/mol. The zero-order valence-corrected chi connectivity index (χ0v) is 24.5. The Morgan fingerprint density at radius 1 is 0.700 bits per heavy atom. The van der Waals surface area contributed by atoms with Crippen molar-refractivity contribution in [2.24, 2.45) is 11.5 Å². The van der Waals surface area contributed by atoms with E-state index in [-0.39, 0.29) is 34.5 Å². The van der Waals surface area contributed by atoms with Crippen molar-refractivity contribution in [1.29, 1.82) is 0 Å². The number of thioether (sulfide) groups is 2. The predicted octanol–water partition coefficient (Wildman–Crippen LogP) is 1.68. The summed E-state index contributed by atoms with van der Waals surface area (Å²) in [5.74, 6) is 0.634. The Bertz CT molecular complexity index is 1130. The van der Waals surface area contributed by atoms with E-state index >= 15 is 0 Å². The molecule has 3 rings (SSSR count). The van der Waals surface area contributed by atoms with Gasteiger partial charge in [-0.05, 0) is 49.0 Å². The molecule has 1 aliphatic carbocycles. The van der Waals surface area contributed by atoms with Crippen molar-refractivity contribution in [3.8, 4) is 0 Å². The number of anilines is 2. The van der Waals surface area contributed by atoms with Gasteiger partial charge in [0.1, 0.15) is 0 Å². The molecule has 0 unspecified atom stereocenters. The molecule has 0 spiro atoms. The Hall–Kier alpha value is -3.06. The van der Waals surface area contributed by atoms with Crippen LogP contribution in [0.2, 0.25) is 0 Å². The fourth-order valence-electron chi connectivity index (χ4n) is 4.30. The van der Waals surface area contributed by atoms with Crippen LogP contribution in [-0.2, 0) is 9.59 Å². The van der Waals surface area contributed by atoms with E-state index in [1.165, 1.54) is 0 Å². The van der Waals surface area contributed by atoms with E-state index < -0.39 is 12.1 Å². The van der Waals surface area contributed by atoms with E-state index in [4.69, 9.17) is 11.5 Å². The molecule has 8 N–H and O–H groups in total. The van der Waals surface area contributed by atoms with E-state index in [0.717, 1.165) is 11.5 Å². The summed E-state index contributed by atoms with van der Waals surface area (Å²) in [6.45, 7) is 1.29. The smallest absolute Gasteiger partial charge is 0.237 e. The molecule has 2 atom stereocenters. The minimum Gasteiger partial charge on any atom is -0.383 e. The lowest BCUT2D eigenvalue weighted by molar-refractivity contribution is -0.123. The molecule has 40 heavy (non-hydrogen) atoms. The molecule has 0 heterocycles. The molecule has 12 heteroatoms. The summed E-state index contributed by atoms with van der Waals surface area (Å²) in [4.78, 5) is 51.5. The largest absolute Gasteiger partial charge is 0.383 e. The van der Waals surface area contributed by atoms with Crippen LogP contribution in [0.1, 0.15) is 44.7 Å². The van der Waals surface area contributed by atoms with Crippen molar-refractivity contribution in [1.82, 2.24) is 10.6 Å². The third-order valence-corrected chi connectivity index (χ3v) is 7.78. The van der Waals surface area contributed by atoms with Gasteiger partial charge in [-0.2, -0.15) is 23.5 Å². The molecule has 2 aromatic rings. The second kappa shape index (κ2) is 15.7. The summed E-state index contributed by atoms with van der Waals surface area (Å²) in [6, 6.07) is 9.09. The van der Waals surface area contributed by atoms with Gasteiger partial charge in [0, 0.05) is 48.7 Å². The maximum atomic E-state index is 13.6. The van der Waals surface area contributed by atoms with Crippen LogP contribution in [-0.4, -0.2) is 85.7 Å². The number of benzene rings is 2. The standard InChI is InChI=1S/C28H38N6O4S2/c1-39-15-9-19(29)27(37)33-13-11-31-21-7-8-22(32-12-14-34-28(38)20(30)10-16-40-2)24-23(21)25(35)17-5-3-4-6-18(17)26(24)36/h3-8,19-20,31-32H,9-16,29-30H2,1-2H3,(H,33,37)(H,34,38)/t19-,20-/m1/s1. The van der Waals surface area contributed by atoms with Crippen molar-refractivity contribution in [2.45, 2.75) is 24.9 Å². The van der Waals surface area contributed by atoms with Gasteiger partial charge in [0.15, 0.2) is 11.6 Å². The summed E-state index contributed by atoms with van der Waals surface area (Å²) >= 11 is 3.26. The van der Waals surface area contributed by atoms with Crippen LogP contribution in [0.4, 0.5) is 11.4 Å². The average Bonchev–Trinajstić information content (AvgIpc) is 2.97. The molecule has 2 aromatic carbocycles. The minimum absolute atomic E-state index is 0.227. The van der Waals surface area contributed by atoms with Crippen LogP contribution in [0.3, 0.4) is 0 Å². The van der Waals surface area contributed by atoms with Crippen molar-refractivity contribution in [3.63, 3.8) is 0 Å². The summed E-state index contributed by atoms with van der Waals surface area (Å²) < 4.78 is 0. The van der Waals surface area contributed by atoms with Crippen molar-refractivity contribution >= 4 is 58.3 Å². The first-order valence-electron chi connectivity index (χ1n) is 13.2. The van der Waals surface area contributed by atoms with Crippen LogP contribution >= 0.6 is 23.5 Å². The molecule has 0 aromatic heterocycles. The third-order valence-electron chi connectivity index (χ3n) is 6.49. The molecule has 0 aliphatic heterocycles. The first kappa shape index (κ1) is 31.5. The van der Waals surface area contributed by atoms with Gasteiger partial charge in [-0.1, -0.05) is 24.3 Å². The summed E-state index contributed by atoms with van der Waals surface area (Å²) in [5, 5.41) is 12.0. The molecule has 2 amide bonds. The van der Waals surface area contributed by atoms with Gasteiger partial charge in [0.25, 0.3) is 0 Å².